The molecule has 29 heavy (non-hydrogen) atoms. The van der Waals surface area contributed by atoms with E-state index in [1.165, 1.54) is 18.2 Å². The highest BCUT2D eigenvalue weighted by Crippen LogP contribution is 2.33. The highest BCUT2D eigenvalue weighted by Gasteiger charge is 2.43. The average molecular weight is 420 g/mol. The Morgan fingerprint density at radius 3 is 2.21 bits per heavy atom. The molecule has 1 aromatic rings. The smallest absolute Gasteiger partial charge is 0.269 e. The number of piperazine rings is 1. The Morgan fingerprint density at radius 2 is 1.66 bits per heavy atom. The number of hydrogen-bond donors (Lipinski definition) is 0. The number of carbonyl (C=O) groups is 3. The van der Waals surface area contributed by atoms with Crippen molar-refractivity contribution in [3.63, 3.8) is 0 Å². The topological polar surface area (TPSA) is 95.1 Å². The van der Waals surface area contributed by atoms with Gasteiger partial charge in [0.2, 0.25) is 5.91 Å². The van der Waals surface area contributed by atoms with Gasteiger partial charge in [0, 0.05) is 43.7 Å². The zero-order chi connectivity index (χ0) is 20.9. The van der Waals surface area contributed by atoms with Gasteiger partial charge in [0.25, 0.3) is 21.8 Å². The lowest BCUT2D eigenvalue weighted by atomic mass is 9.84. The second-order valence-electron chi connectivity index (χ2n) is 8.16. The van der Waals surface area contributed by atoms with Gasteiger partial charge < -0.3 is 9.80 Å². The number of amides is 3. The third-order valence-corrected chi connectivity index (χ3v) is 8.00. The molecular formula is C20H25N3O5S. The summed E-state index contributed by atoms with van der Waals surface area (Å²) in [4.78, 5) is 41.1. The number of rotatable bonds is 3. The van der Waals surface area contributed by atoms with Crippen molar-refractivity contribution in [2.75, 3.05) is 26.2 Å². The summed E-state index contributed by atoms with van der Waals surface area (Å²) >= 11 is 0. The number of fused-ring (bicyclic) bond motifs is 1. The van der Waals surface area contributed by atoms with Crippen LogP contribution in [0.5, 0.6) is 0 Å². The quantitative estimate of drug-likeness (QED) is 0.737. The second-order valence-corrected chi connectivity index (χ2v) is 9.94. The highest BCUT2D eigenvalue weighted by molar-refractivity contribution is 7.90. The lowest BCUT2D eigenvalue weighted by Gasteiger charge is -2.38. The van der Waals surface area contributed by atoms with E-state index < -0.39 is 22.0 Å². The first-order valence-electron chi connectivity index (χ1n) is 10.0. The summed E-state index contributed by atoms with van der Waals surface area (Å²) < 4.78 is 26.3. The standard InChI is InChI=1S/C20H25N3O5S/c1-13(2)23-20(26)16-7-6-15(12-17(16)29(23,27)28)19(25)22-10-8-21(9-11-22)18(24)14-4-3-5-14/h6-7,12-14H,3-5,8-11H2,1-2H3. The van der Waals surface area contributed by atoms with Crippen LogP contribution >= 0.6 is 0 Å². The number of nitrogens with zero attached hydrogens (tertiary/aromatic N) is 3. The van der Waals surface area contributed by atoms with Crippen LogP contribution in [0.2, 0.25) is 0 Å². The number of sulfonamides is 1. The van der Waals surface area contributed by atoms with Crippen LogP contribution in [0.4, 0.5) is 0 Å². The molecular weight excluding hydrogens is 394 g/mol. The van der Waals surface area contributed by atoms with Gasteiger partial charge >= 0.3 is 0 Å². The first-order chi connectivity index (χ1) is 13.7. The van der Waals surface area contributed by atoms with Crippen molar-refractivity contribution in [2.24, 2.45) is 5.92 Å². The molecule has 0 unspecified atom stereocenters. The second kappa shape index (κ2) is 7.12. The minimum absolute atomic E-state index is 0.103. The fourth-order valence-electron chi connectivity index (χ4n) is 4.12. The third kappa shape index (κ3) is 3.21. The van der Waals surface area contributed by atoms with Gasteiger partial charge in [-0.25, -0.2) is 12.7 Å². The van der Waals surface area contributed by atoms with Crippen molar-refractivity contribution < 1.29 is 22.8 Å². The molecule has 0 bridgehead atoms. The molecule has 1 aliphatic carbocycles. The molecule has 0 spiro atoms. The van der Waals surface area contributed by atoms with E-state index in [1.54, 1.807) is 18.7 Å². The SMILES string of the molecule is CC(C)N1C(=O)c2ccc(C(=O)N3CCN(C(=O)C4CCC4)CC3)cc2S1(=O)=O. The first kappa shape index (κ1) is 19.9. The third-order valence-electron chi connectivity index (χ3n) is 6.00. The van der Waals surface area contributed by atoms with Gasteiger partial charge in [-0.2, -0.15) is 0 Å². The zero-order valence-corrected chi connectivity index (χ0v) is 17.4. The van der Waals surface area contributed by atoms with E-state index in [9.17, 15) is 22.8 Å². The molecule has 156 valence electrons. The lowest BCUT2D eigenvalue weighted by Crippen LogP contribution is -2.52. The van der Waals surface area contributed by atoms with E-state index in [0.717, 1.165) is 23.6 Å². The minimum Gasteiger partial charge on any atom is -0.339 e. The minimum atomic E-state index is -3.95. The van der Waals surface area contributed by atoms with Gasteiger partial charge in [-0.3, -0.25) is 14.4 Å². The van der Waals surface area contributed by atoms with E-state index in [2.05, 4.69) is 0 Å². The van der Waals surface area contributed by atoms with Gasteiger partial charge in [0.1, 0.15) is 4.90 Å². The van der Waals surface area contributed by atoms with Crippen LogP contribution in [0.1, 0.15) is 53.8 Å². The normalized spacial score (nSPS) is 21.3. The van der Waals surface area contributed by atoms with E-state index >= 15 is 0 Å². The molecule has 1 saturated carbocycles. The molecule has 0 radical (unpaired) electrons. The van der Waals surface area contributed by atoms with Gasteiger partial charge in [0.15, 0.2) is 0 Å². The Hall–Kier alpha value is -2.42. The summed E-state index contributed by atoms with van der Waals surface area (Å²) in [5.41, 5.74) is 0.343. The largest absolute Gasteiger partial charge is 0.339 e. The van der Waals surface area contributed by atoms with Gasteiger partial charge in [0.05, 0.1) is 5.56 Å². The van der Waals surface area contributed by atoms with Gasteiger partial charge in [-0.15, -0.1) is 0 Å². The fraction of sp³-hybridized carbons (Fsp3) is 0.550. The summed E-state index contributed by atoms with van der Waals surface area (Å²) in [6.45, 7) is 5.08. The predicted octanol–water partition coefficient (Wildman–Crippen LogP) is 1.32. The molecule has 0 atom stereocenters. The maximum Gasteiger partial charge on any atom is 0.269 e. The summed E-state index contributed by atoms with van der Waals surface area (Å²) in [5.74, 6) is -0.522. The molecule has 2 aliphatic heterocycles. The molecule has 8 nitrogen and oxygen atoms in total. The Balaban J connectivity index is 1.49. The average Bonchev–Trinajstić information content (AvgIpc) is 2.85. The summed E-state index contributed by atoms with van der Waals surface area (Å²) in [7, 11) is -3.95. The molecule has 3 amide bonds. The maximum atomic E-state index is 12.9. The van der Waals surface area contributed by atoms with E-state index in [1.807, 2.05) is 4.90 Å². The molecule has 0 N–H and O–H groups in total. The van der Waals surface area contributed by atoms with Crippen molar-refractivity contribution in [1.82, 2.24) is 14.1 Å². The highest BCUT2D eigenvalue weighted by atomic mass is 32.2. The Bertz CT molecular complexity index is 976. The molecule has 1 saturated heterocycles. The molecule has 2 heterocycles. The first-order valence-corrected chi connectivity index (χ1v) is 11.5. The maximum absolute atomic E-state index is 12.9. The summed E-state index contributed by atoms with van der Waals surface area (Å²) in [6.07, 6.45) is 3.01. The van der Waals surface area contributed by atoms with Crippen molar-refractivity contribution in [3.05, 3.63) is 29.3 Å². The summed E-state index contributed by atoms with van der Waals surface area (Å²) in [6, 6.07) is 3.73. The van der Waals surface area contributed by atoms with E-state index in [0.29, 0.717) is 26.2 Å². The van der Waals surface area contributed by atoms with Crippen LogP contribution < -0.4 is 0 Å². The zero-order valence-electron chi connectivity index (χ0n) is 16.6. The van der Waals surface area contributed by atoms with E-state index in [4.69, 9.17) is 0 Å². The van der Waals surface area contributed by atoms with Gasteiger partial charge in [-0.05, 0) is 44.9 Å². The van der Waals surface area contributed by atoms with Crippen LogP contribution in [0.3, 0.4) is 0 Å². The van der Waals surface area contributed by atoms with Crippen molar-refractivity contribution >= 4 is 27.7 Å². The van der Waals surface area contributed by atoms with Crippen LogP contribution in [0.25, 0.3) is 0 Å². The van der Waals surface area contributed by atoms with Crippen LogP contribution in [-0.2, 0) is 14.8 Å². The molecule has 1 aromatic carbocycles. The van der Waals surface area contributed by atoms with Crippen LogP contribution in [0.15, 0.2) is 23.1 Å². The molecule has 0 aromatic heterocycles. The summed E-state index contributed by atoms with van der Waals surface area (Å²) in [5, 5.41) is 0. The fourth-order valence-corrected chi connectivity index (χ4v) is 5.91. The molecule has 2 fully saturated rings. The number of hydrogen-bond acceptors (Lipinski definition) is 5. The monoisotopic (exact) mass is 419 g/mol. The van der Waals surface area contributed by atoms with Crippen LogP contribution in [0, 0.1) is 5.92 Å². The van der Waals surface area contributed by atoms with Crippen molar-refractivity contribution in [2.45, 2.75) is 44.0 Å². The molecule has 3 aliphatic rings. The van der Waals surface area contributed by atoms with Crippen molar-refractivity contribution in [1.29, 1.82) is 0 Å². The van der Waals surface area contributed by atoms with E-state index in [-0.39, 0.29) is 33.8 Å². The van der Waals surface area contributed by atoms with Crippen LogP contribution in [-0.4, -0.2) is 72.5 Å². The number of benzene rings is 1. The molecule has 4 rings (SSSR count). The number of carbonyl (C=O) groups excluding carboxylic acids is 3. The Labute approximate surface area is 170 Å². The van der Waals surface area contributed by atoms with Crippen molar-refractivity contribution in [3.8, 4) is 0 Å². The molecule has 9 heteroatoms. The Kier molecular flexibility index (Phi) is 4.88. The lowest BCUT2D eigenvalue weighted by molar-refractivity contribution is -0.139. The van der Waals surface area contributed by atoms with Gasteiger partial charge in [-0.1, -0.05) is 6.42 Å². The Morgan fingerprint density at radius 1 is 1.03 bits per heavy atom. The predicted molar refractivity (Wildman–Crippen MR) is 105 cm³/mol.